The van der Waals surface area contributed by atoms with Crippen LogP contribution in [0.2, 0.25) is 0 Å². The molecule has 0 aromatic rings. The molecule has 0 heterocycles. The van der Waals surface area contributed by atoms with Gasteiger partial charge in [0.25, 0.3) is 0 Å². The monoisotopic (exact) mass is 209 g/mol. The molecule has 0 aromatic carbocycles. The molecule has 2 aliphatic carbocycles. The Hall–Kier alpha value is -0.340. The maximum absolute atomic E-state index is 8.95. The molecule has 0 radical (unpaired) electrons. The summed E-state index contributed by atoms with van der Waals surface area (Å²) in [6, 6.07) is 0. The third-order valence-corrected chi connectivity index (χ3v) is 3.91. The van der Waals surface area contributed by atoms with Gasteiger partial charge >= 0.3 is 0 Å². The van der Waals surface area contributed by atoms with Gasteiger partial charge in [0.15, 0.2) is 0 Å². The van der Waals surface area contributed by atoms with Crippen molar-refractivity contribution >= 4 is 0 Å². The normalized spacial score (nSPS) is 27.9. The average Bonchev–Trinajstić information content (AvgIpc) is 3.00. The molecule has 1 fully saturated rings. The van der Waals surface area contributed by atoms with E-state index in [4.69, 9.17) is 5.11 Å². The number of aliphatic hydroxyl groups is 1. The van der Waals surface area contributed by atoms with Crippen LogP contribution in [0.15, 0.2) is 12.2 Å². The summed E-state index contributed by atoms with van der Waals surface area (Å²) in [5, 5.41) is 12.6. The summed E-state index contributed by atoms with van der Waals surface area (Å²) in [5.41, 5.74) is 0.471. The maximum atomic E-state index is 8.95. The fourth-order valence-corrected chi connectivity index (χ4v) is 2.51. The molecule has 0 saturated heterocycles. The van der Waals surface area contributed by atoms with E-state index >= 15 is 0 Å². The number of hydrogen-bond donors (Lipinski definition) is 2. The number of nitrogens with one attached hydrogen (secondary N) is 1. The summed E-state index contributed by atoms with van der Waals surface area (Å²) >= 11 is 0. The van der Waals surface area contributed by atoms with Gasteiger partial charge in [0, 0.05) is 13.2 Å². The quantitative estimate of drug-likeness (QED) is 0.657. The van der Waals surface area contributed by atoms with Gasteiger partial charge in [-0.2, -0.15) is 0 Å². The number of hydrogen-bond acceptors (Lipinski definition) is 2. The van der Waals surface area contributed by atoms with E-state index in [1.165, 1.54) is 32.1 Å². The van der Waals surface area contributed by atoms with Crippen molar-refractivity contribution in [3.8, 4) is 0 Å². The van der Waals surface area contributed by atoms with Crippen molar-refractivity contribution in [3.05, 3.63) is 12.2 Å². The summed E-state index contributed by atoms with van der Waals surface area (Å²) in [4.78, 5) is 0. The van der Waals surface area contributed by atoms with Crippen molar-refractivity contribution in [3.63, 3.8) is 0 Å². The first-order valence-corrected chi connectivity index (χ1v) is 6.31. The van der Waals surface area contributed by atoms with Crippen LogP contribution in [-0.4, -0.2) is 24.8 Å². The molecule has 2 rings (SSSR count). The molecule has 1 unspecified atom stereocenters. The van der Waals surface area contributed by atoms with Crippen LogP contribution in [0.3, 0.4) is 0 Å². The average molecular weight is 209 g/mol. The summed E-state index contributed by atoms with van der Waals surface area (Å²) in [5.74, 6) is 0.847. The Balaban J connectivity index is 1.60. The van der Waals surface area contributed by atoms with Gasteiger partial charge in [-0.3, -0.25) is 0 Å². The molecular formula is C13H23NO. The van der Waals surface area contributed by atoms with Crippen LogP contribution in [-0.2, 0) is 0 Å². The lowest BCUT2D eigenvalue weighted by Crippen LogP contribution is -2.30. The first-order chi connectivity index (χ1) is 7.35. The molecule has 0 amide bonds. The standard InChI is InChI=1S/C13H23NO/c15-9-8-13(6-7-13)11-14-10-12-4-2-1-3-5-12/h1-2,12,14-15H,3-11H2. The third kappa shape index (κ3) is 3.32. The van der Waals surface area contributed by atoms with E-state index in [1.54, 1.807) is 0 Å². The molecule has 86 valence electrons. The van der Waals surface area contributed by atoms with Crippen LogP contribution < -0.4 is 5.32 Å². The molecule has 0 spiro atoms. The van der Waals surface area contributed by atoms with Crippen LogP contribution in [0.4, 0.5) is 0 Å². The van der Waals surface area contributed by atoms with Crippen LogP contribution in [0.5, 0.6) is 0 Å². The molecule has 1 saturated carbocycles. The maximum Gasteiger partial charge on any atom is 0.0436 e. The topological polar surface area (TPSA) is 32.3 Å². The number of rotatable bonds is 6. The zero-order valence-electron chi connectivity index (χ0n) is 9.54. The van der Waals surface area contributed by atoms with Gasteiger partial charge < -0.3 is 10.4 Å². The van der Waals surface area contributed by atoms with Crippen molar-refractivity contribution in [2.24, 2.45) is 11.3 Å². The Morgan fingerprint density at radius 3 is 2.80 bits per heavy atom. The fraction of sp³-hybridized carbons (Fsp3) is 0.846. The molecule has 2 nitrogen and oxygen atoms in total. The van der Waals surface area contributed by atoms with Crippen molar-refractivity contribution in [2.75, 3.05) is 19.7 Å². The fourth-order valence-electron chi connectivity index (χ4n) is 2.51. The first kappa shape index (κ1) is 11.2. The SMILES string of the molecule is OCCC1(CNCC2CC=CCC2)CC1. The van der Waals surface area contributed by atoms with E-state index in [1.807, 2.05) is 0 Å². The smallest absolute Gasteiger partial charge is 0.0436 e. The van der Waals surface area contributed by atoms with Crippen LogP contribution >= 0.6 is 0 Å². The highest BCUT2D eigenvalue weighted by Gasteiger charge is 2.41. The highest BCUT2D eigenvalue weighted by molar-refractivity contribution is 4.95. The molecule has 0 bridgehead atoms. The summed E-state index contributed by atoms with van der Waals surface area (Å²) in [7, 11) is 0. The Labute approximate surface area is 92.8 Å². The highest BCUT2D eigenvalue weighted by Crippen LogP contribution is 2.47. The Bertz CT molecular complexity index is 221. The Morgan fingerprint density at radius 2 is 2.20 bits per heavy atom. The lowest BCUT2D eigenvalue weighted by Gasteiger charge is -2.20. The predicted octanol–water partition coefficient (Wildman–Crippen LogP) is 2.09. The molecule has 2 N–H and O–H groups in total. The van der Waals surface area contributed by atoms with Crippen molar-refractivity contribution in [1.82, 2.24) is 5.32 Å². The van der Waals surface area contributed by atoms with Gasteiger partial charge in [-0.05, 0) is 56.4 Å². The third-order valence-electron chi connectivity index (χ3n) is 3.91. The van der Waals surface area contributed by atoms with Crippen LogP contribution in [0.25, 0.3) is 0 Å². The largest absolute Gasteiger partial charge is 0.396 e. The van der Waals surface area contributed by atoms with E-state index in [2.05, 4.69) is 17.5 Å². The van der Waals surface area contributed by atoms with E-state index in [0.29, 0.717) is 12.0 Å². The predicted molar refractivity (Wildman–Crippen MR) is 62.7 cm³/mol. The van der Waals surface area contributed by atoms with E-state index in [0.717, 1.165) is 25.4 Å². The van der Waals surface area contributed by atoms with Gasteiger partial charge in [-0.25, -0.2) is 0 Å². The molecule has 0 aliphatic heterocycles. The Morgan fingerprint density at radius 1 is 1.33 bits per heavy atom. The number of aliphatic hydroxyl groups excluding tert-OH is 1. The van der Waals surface area contributed by atoms with Gasteiger partial charge in [0.1, 0.15) is 0 Å². The minimum atomic E-state index is 0.355. The lowest BCUT2D eigenvalue weighted by molar-refractivity contribution is 0.243. The zero-order chi connectivity index (χ0) is 10.6. The summed E-state index contributed by atoms with van der Waals surface area (Å²) < 4.78 is 0. The van der Waals surface area contributed by atoms with Crippen molar-refractivity contribution in [1.29, 1.82) is 0 Å². The zero-order valence-corrected chi connectivity index (χ0v) is 9.54. The second-order valence-corrected chi connectivity index (χ2v) is 5.25. The van der Waals surface area contributed by atoms with E-state index in [9.17, 15) is 0 Å². The molecular weight excluding hydrogens is 186 g/mol. The second kappa shape index (κ2) is 5.13. The lowest BCUT2D eigenvalue weighted by atomic mass is 9.94. The van der Waals surface area contributed by atoms with Crippen molar-refractivity contribution in [2.45, 2.75) is 38.5 Å². The van der Waals surface area contributed by atoms with Gasteiger partial charge in [-0.15, -0.1) is 0 Å². The van der Waals surface area contributed by atoms with Gasteiger partial charge in [0.05, 0.1) is 0 Å². The minimum Gasteiger partial charge on any atom is -0.396 e. The van der Waals surface area contributed by atoms with E-state index in [-0.39, 0.29) is 0 Å². The molecule has 2 aliphatic rings. The van der Waals surface area contributed by atoms with Gasteiger partial charge in [-0.1, -0.05) is 12.2 Å². The van der Waals surface area contributed by atoms with Crippen LogP contribution in [0, 0.1) is 11.3 Å². The number of allylic oxidation sites excluding steroid dienone is 2. The van der Waals surface area contributed by atoms with Crippen LogP contribution in [0.1, 0.15) is 38.5 Å². The minimum absolute atomic E-state index is 0.355. The van der Waals surface area contributed by atoms with Crippen molar-refractivity contribution < 1.29 is 5.11 Å². The summed E-state index contributed by atoms with van der Waals surface area (Å²) in [6.45, 7) is 2.64. The molecule has 2 heteroatoms. The molecule has 15 heavy (non-hydrogen) atoms. The van der Waals surface area contributed by atoms with E-state index < -0.39 is 0 Å². The first-order valence-electron chi connectivity index (χ1n) is 6.31. The summed E-state index contributed by atoms with van der Waals surface area (Å²) in [6.07, 6.45) is 12.1. The van der Waals surface area contributed by atoms with Gasteiger partial charge in [0.2, 0.25) is 0 Å². The highest BCUT2D eigenvalue weighted by atomic mass is 16.3. The Kier molecular flexibility index (Phi) is 3.81. The molecule has 1 atom stereocenters. The molecule has 0 aromatic heterocycles. The second-order valence-electron chi connectivity index (χ2n) is 5.25.